The summed E-state index contributed by atoms with van der Waals surface area (Å²) in [6, 6.07) is 0. The molecule has 0 aliphatic rings. The van der Waals surface area contributed by atoms with Crippen molar-refractivity contribution >= 4 is 0 Å². The van der Waals surface area contributed by atoms with Crippen molar-refractivity contribution in [3.63, 3.8) is 0 Å². The standard InChI is InChI=1S/C8H13/c1-3-5-7-8-6-4-2/h7-8H,1,4-6H2,2H3/b8-7+. The monoisotopic (exact) mass is 109 g/mol. The lowest BCUT2D eigenvalue weighted by molar-refractivity contribution is 0.954. The molecule has 0 N–H and O–H groups in total. The lowest BCUT2D eigenvalue weighted by Gasteiger charge is -1.80. The number of allylic oxidation sites excluding steroid dienone is 3. The zero-order valence-electron chi connectivity index (χ0n) is 5.48. The lowest BCUT2D eigenvalue weighted by atomic mass is 10.3. The molecule has 0 aromatic rings. The van der Waals surface area contributed by atoms with E-state index < -0.39 is 0 Å². The van der Waals surface area contributed by atoms with Crippen LogP contribution >= 0.6 is 0 Å². The van der Waals surface area contributed by atoms with E-state index in [-0.39, 0.29) is 0 Å². The van der Waals surface area contributed by atoms with Crippen molar-refractivity contribution < 1.29 is 0 Å². The molecule has 0 spiro atoms. The molecule has 0 aliphatic heterocycles. The van der Waals surface area contributed by atoms with Gasteiger partial charge in [0.2, 0.25) is 0 Å². The summed E-state index contributed by atoms with van der Waals surface area (Å²) in [5, 5.41) is 0. The maximum Gasteiger partial charge on any atom is -0.0101 e. The van der Waals surface area contributed by atoms with Gasteiger partial charge in [-0.25, -0.2) is 0 Å². The van der Waals surface area contributed by atoms with Crippen LogP contribution in [0.3, 0.4) is 0 Å². The van der Waals surface area contributed by atoms with Crippen LogP contribution in [-0.4, -0.2) is 0 Å². The molecule has 0 aromatic carbocycles. The first-order valence-electron chi connectivity index (χ1n) is 3.06. The Kier molecular flexibility index (Phi) is 6.06. The number of unbranched alkanes of at least 4 members (excludes halogenated alkanes) is 1. The van der Waals surface area contributed by atoms with Crippen molar-refractivity contribution in [2.75, 3.05) is 0 Å². The highest BCUT2D eigenvalue weighted by Crippen LogP contribution is 1.89. The minimum absolute atomic E-state index is 0.889. The van der Waals surface area contributed by atoms with Crippen molar-refractivity contribution in [1.82, 2.24) is 0 Å². The molecular weight excluding hydrogens is 96.1 g/mol. The van der Waals surface area contributed by atoms with Crippen LogP contribution in [0.4, 0.5) is 0 Å². The molecule has 0 rings (SSSR count). The van der Waals surface area contributed by atoms with E-state index in [1.807, 2.05) is 0 Å². The third-order valence-corrected chi connectivity index (χ3v) is 0.884. The molecule has 0 aliphatic carbocycles. The normalized spacial score (nSPS) is 10.1. The summed E-state index contributed by atoms with van der Waals surface area (Å²) in [5.74, 6) is 0. The third-order valence-electron chi connectivity index (χ3n) is 0.884. The zero-order valence-corrected chi connectivity index (χ0v) is 5.48. The Bertz CT molecular complexity index is 70.1. The van der Waals surface area contributed by atoms with Crippen LogP contribution in [0.2, 0.25) is 0 Å². The molecule has 45 valence electrons. The van der Waals surface area contributed by atoms with Gasteiger partial charge in [0.25, 0.3) is 0 Å². The number of hydrogen-bond donors (Lipinski definition) is 0. The maximum atomic E-state index is 3.48. The smallest absolute Gasteiger partial charge is 0.0101 e. The average Bonchev–Trinajstić information content (AvgIpc) is 1.81. The average molecular weight is 109 g/mol. The molecule has 0 saturated heterocycles. The predicted octanol–water partition coefficient (Wildman–Crippen LogP) is 2.72. The molecule has 0 amide bonds. The van der Waals surface area contributed by atoms with E-state index in [9.17, 15) is 0 Å². The molecule has 0 heterocycles. The van der Waals surface area contributed by atoms with Crippen molar-refractivity contribution in [1.29, 1.82) is 0 Å². The molecule has 8 heavy (non-hydrogen) atoms. The summed E-state index contributed by atoms with van der Waals surface area (Å²) >= 11 is 0. The van der Waals surface area contributed by atoms with E-state index in [1.165, 1.54) is 12.8 Å². The first-order valence-corrected chi connectivity index (χ1v) is 3.06. The van der Waals surface area contributed by atoms with E-state index in [0.717, 1.165) is 6.42 Å². The van der Waals surface area contributed by atoms with Gasteiger partial charge in [0.05, 0.1) is 0 Å². The molecule has 0 aromatic heterocycles. The van der Waals surface area contributed by atoms with Gasteiger partial charge in [0, 0.05) is 0 Å². The quantitative estimate of drug-likeness (QED) is 0.487. The van der Waals surface area contributed by atoms with Gasteiger partial charge in [-0.1, -0.05) is 32.1 Å². The Morgan fingerprint density at radius 2 is 2.25 bits per heavy atom. The van der Waals surface area contributed by atoms with E-state index in [4.69, 9.17) is 0 Å². The lowest BCUT2D eigenvalue weighted by Crippen LogP contribution is -1.60. The minimum Gasteiger partial charge on any atom is -0.0953 e. The Morgan fingerprint density at radius 1 is 1.50 bits per heavy atom. The molecule has 0 bridgehead atoms. The number of rotatable bonds is 4. The van der Waals surface area contributed by atoms with E-state index in [1.54, 1.807) is 0 Å². The molecule has 0 fully saturated rings. The van der Waals surface area contributed by atoms with Crippen molar-refractivity contribution in [3.8, 4) is 0 Å². The Labute approximate surface area is 51.9 Å². The van der Waals surface area contributed by atoms with Crippen molar-refractivity contribution in [2.24, 2.45) is 0 Å². The minimum atomic E-state index is 0.889. The molecule has 1 radical (unpaired) electrons. The zero-order chi connectivity index (χ0) is 6.24. The van der Waals surface area contributed by atoms with Crippen LogP contribution in [0.25, 0.3) is 0 Å². The van der Waals surface area contributed by atoms with E-state index >= 15 is 0 Å². The summed E-state index contributed by atoms with van der Waals surface area (Å²) in [6.07, 6.45) is 10.3. The first-order chi connectivity index (χ1) is 3.91. The van der Waals surface area contributed by atoms with E-state index in [2.05, 4.69) is 31.7 Å². The topological polar surface area (TPSA) is 0 Å². The Balaban J connectivity index is 2.94. The molecule has 0 unspecified atom stereocenters. The molecule has 0 nitrogen and oxygen atoms in total. The van der Waals surface area contributed by atoms with Crippen LogP contribution in [-0.2, 0) is 0 Å². The summed E-state index contributed by atoms with van der Waals surface area (Å²) < 4.78 is 0. The van der Waals surface area contributed by atoms with Gasteiger partial charge in [-0.2, -0.15) is 0 Å². The van der Waals surface area contributed by atoms with Crippen molar-refractivity contribution in [3.05, 3.63) is 24.8 Å². The van der Waals surface area contributed by atoms with Gasteiger partial charge < -0.3 is 0 Å². The summed E-state index contributed by atoms with van der Waals surface area (Å²) in [4.78, 5) is 0. The van der Waals surface area contributed by atoms with Crippen LogP contribution in [0, 0.1) is 6.08 Å². The van der Waals surface area contributed by atoms with Gasteiger partial charge >= 0.3 is 0 Å². The first kappa shape index (κ1) is 7.48. The summed E-state index contributed by atoms with van der Waals surface area (Å²) in [7, 11) is 0. The van der Waals surface area contributed by atoms with Crippen molar-refractivity contribution in [2.45, 2.75) is 26.2 Å². The maximum absolute atomic E-state index is 3.48. The predicted molar refractivity (Wildman–Crippen MR) is 37.5 cm³/mol. The van der Waals surface area contributed by atoms with Crippen LogP contribution in [0.5, 0.6) is 0 Å². The van der Waals surface area contributed by atoms with Gasteiger partial charge in [0.15, 0.2) is 0 Å². The fourth-order valence-corrected chi connectivity index (χ4v) is 0.451. The third kappa shape index (κ3) is 5.48. The van der Waals surface area contributed by atoms with Gasteiger partial charge in [-0.05, 0) is 18.9 Å². The largest absolute Gasteiger partial charge is 0.0953 e. The summed E-state index contributed by atoms with van der Waals surface area (Å²) in [5.41, 5.74) is 0. The highest BCUT2D eigenvalue weighted by Gasteiger charge is 1.69. The second kappa shape index (κ2) is 6.48. The van der Waals surface area contributed by atoms with Gasteiger partial charge in [-0.15, -0.1) is 0 Å². The Morgan fingerprint density at radius 3 is 2.75 bits per heavy atom. The molecule has 0 heteroatoms. The SMILES string of the molecule is C=[C]C/C=C/CCC. The second-order valence-corrected chi connectivity index (χ2v) is 1.71. The van der Waals surface area contributed by atoms with Crippen LogP contribution < -0.4 is 0 Å². The van der Waals surface area contributed by atoms with Crippen LogP contribution in [0.15, 0.2) is 18.7 Å². The summed E-state index contributed by atoms with van der Waals surface area (Å²) in [6.45, 7) is 5.65. The fraction of sp³-hybridized carbons (Fsp3) is 0.500. The van der Waals surface area contributed by atoms with Gasteiger partial charge in [-0.3, -0.25) is 0 Å². The highest BCUT2D eigenvalue weighted by atomic mass is 13.8. The Hall–Kier alpha value is -0.520. The van der Waals surface area contributed by atoms with E-state index in [0.29, 0.717) is 0 Å². The molecule has 0 atom stereocenters. The van der Waals surface area contributed by atoms with Crippen LogP contribution in [0.1, 0.15) is 26.2 Å². The fourth-order valence-electron chi connectivity index (χ4n) is 0.451. The second-order valence-electron chi connectivity index (χ2n) is 1.71. The molecular formula is C8H13. The molecule has 0 saturated carbocycles. The number of hydrogen-bond acceptors (Lipinski definition) is 0. The highest BCUT2D eigenvalue weighted by molar-refractivity contribution is 4.84. The van der Waals surface area contributed by atoms with Gasteiger partial charge in [0.1, 0.15) is 0 Å².